The Morgan fingerprint density at radius 3 is 2.72 bits per heavy atom. The first-order valence-corrected chi connectivity index (χ1v) is 11.7. The third kappa shape index (κ3) is 5.23. The van der Waals surface area contributed by atoms with E-state index in [-0.39, 0.29) is 23.2 Å². The molecule has 1 heterocycles. The van der Waals surface area contributed by atoms with E-state index in [1.807, 2.05) is 0 Å². The lowest BCUT2D eigenvalue weighted by Gasteiger charge is -2.34. The number of aromatic nitrogens is 1. The van der Waals surface area contributed by atoms with Crippen LogP contribution in [0.4, 0.5) is 4.39 Å². The number of carbonyl (C=O) groups excluding carboxylic acids is 1. The number of aryl methyl sites for hydroxylation is 1. The molecule has 8 heteroatoms. The molecule has 29 heavy (non-hydrogen) atoms. The Morgan fingerprint density at radius 2 is 2.00 bits per heavy atom. The first-order chi connectivity index (χ1) is 13.7. The summed E-state index contributed by atoms with van der Waals surface area (Å²) in [7, 11) is -3.75. The van der Waals surface area contributed by atoms with Crippen molar-refractivity contribution in [3.8, 4) is 11.5 Å². The average Bonchev–Trinajstić information content (AvgIpc) is 2.98. The summed E-state index contributed by atoms with van der Waals surface area (Å²) in [6.45, 7) is 5.82. The zero-order valence-electron chi connectivity index (χ0n) is 16.9. The van der Waals surface area contributed by atoms with Crippen molar-refractivity contribution < 1.29 is 22.0 Å². The van der Waals surface area contributed by atoms with Gasteiger partial charge in [0.25, 0.3) is 0 Å². The lowest BCUT2D eigenvalue weighted by molar-refractivity contribution is -0.120. The number of oxazole rings is 1. The minimum Gasteiger partial charge on any atom is -0.441 e. The van der Waals surface area contributed by atoms with Crippen LogP contribution in [0.3, 0.4) is 0 Å². The van der Waals surface area contributed by atoms with Crippen molar-refractivity contribution in [3.63, 3.8) is 0 Å². The smallest absolute Gasteiger partial charge is 0.235 e. The van der Waals surface area contributed by atoms with Gasteiger partial charge in [-0.1, -0.05) is 38.8 Å². The van der Waals surface area contributed by atoms with Crippen molar-refractivity contribution in [1.82, 2.24) is 10.3 Å². The standard InChI is InChI=1S/C21H27FN2O4S/c1-13-7-6-10-18(14(13)2)23-20(25)12-29(26,27)11-19-15(3)28-21(24-19)16-8-4-5-9-17(16)22/h4-5,8-9,13-14,18H,6-7,10-12H2,1-3H3,(H,23,25)/t13-,14-,18-/m1/s1. The number of nitrogens with one attached hydrogen (secondary N) is 1. The maximum absolute atomic E-state index is 13.9. The van der Waals surface area contributed by atoms with Gasteiger partial charge in [0.15, 0.2) is 9.84 Å². The second kappa shape index (κ2) is 8.65. The van der Waals surface area contributed by atoms with Gasteiger partial charge in [-0.25, -0.2) is 17.8 Å². The van der Waals surface area contributed by atoms with E-state index in [9.17, 15) is 17.6 Å². The Bertz CT molecular complexity index is 986. The van der Waals surface area contributed by atoms with Gasteiger partial charge in [0.2, 0.25) is 11.8 Å². The van der Waals surface area contributed by atoms with Crippen LogP contribution in [0.1, 0.15) is 44.6 Å². The highest BCUT2D eigenvalue weighted by Gasteiger charge is 2.30. The van der Waals surface area contributed by atoms with Crippen LogP contribution in [-0.4, -0.2) is 31.1 Å². The number of sulfone groups is 1. The highest BCUT2D eigenvalue weighted by atomic mass is 32.2. The van der Waals surface area contributed by atoms with Gasteiger partial charge in [-0.15, -0.1) is 0 Å². The molecule has 1 saturated carbocycles. The van der Waals surface area contributed by atoms with Gasteiger partial charge in [-0.05, 0) is 37.3 Å². The summed E-state index contributed by atoms with van der Waals surface area (Å²) in [6, 6.07) is 5.99. The third-order valence-electron chi connectivity index (χ3n) is 5.76. The fraction of sp³-hybridized carbons (Fsp3) is 0.524. The predicted octanol–water partition coefficient (Wildman–Crippen LogP) is 3.64. The largest absolute Gasteiger partial charge is 0.441 e. The maximum Gasteiger partial charge on any atom is 0.235 e. The molecular formula is C21H27FN2O4S. The normalized spacial score (nSPS) is 22.4. The van der Waals surface area contributed by atoms with E-state index in [0.29, 0.717) is 17.6 Å². The Balaban J connectivity index is 1.67. The number of halogens is 1. The van der Waals surface area contributed by atoms with Gasteiger partial charge in [0.1, 0.15) is 17.3 Å². The Kier molecular flexibility index (Phi) is 6.41. The molecule has 2 aromatic rings. The zero-order valence-corrected chi connectivity index (χ0v) is 17.8. The van der Waals surface area contributed by atoms with Crippen LogP contribution in [0.2, 0.25) is 0 Å². The van der Waals surface area contributed by atoms with E-state index in [0.717, 1.165) is 19.3 Å². The fourth-order valence-electron chi connectivity index (χ4n) is 3.81. The van der Waals surface area contributed by atoms with E-state index in [2.05, 4.69) is 24.1 Å². The van der Waals surface area contributed by atoms with Crippen molar-refractivity contribution in [1.29, 1.82) is 0 Å². The summed E-state index contributed by atoms with van der Waals surface area (Å²) >= 11 is 0. The number of hydrogen-bond acceptors (Lipinski definition) is 5. The van der Waals surface area contributed by atoms with Gasteiger partial charge in [-0.3, -0.25) is 4.79 Å². The third-order valence-corrected chi connectivity index (χ3v) is 7.17. The van der Waals surface area contributed by atoms with Crippen LogP contribution in [0.25, 0.3) is 11.5 Å². The van der Waals surface area contributed by atoms with Crippen LogP contribution in [0.5, 0.6) is 0 Å². The van der Waals surface area contributed by atoms with E-state index in [1.54, 1.807) is 19.1 Å². The van der Waals surface area contributed by atoms with Crippen LogP contribution in [0.15, 0.2) is 28.7 Å². The van der Waals surface area contributed by atoms with E-state index in [1.165, 1.54) is 12.1 Å². The lowest BCUT2D eigenvalue weighted by atomic mass is 9.78. The number of benzene rings is 1. The second-order valence-electron chi connectivity index (χ2n) is 7.98. The molecule has 0 bridgehead atoms. The topological polar surface area (TPSA) is 89.3 Å². The molecule has 0 saturated heterocycles. The highest BCUT2D eigenvalue weighted by molar-refractivity contribution is 7.91. The number of rotatable bonds is 6. The van der Waals surface area contributed by atoms with Crippen LogP contribution < -0.4 is 5.32 Å². The molecule has 3 rings (SSSR count). The summed E-state index contributed by atoms with van der Waals surface area (Å²) in [5.74, 6) is -0.893. The number of nitrogens with zero attached hydrogens (tertiary/aromatic N) is 1. The quantitative estimate of drug-likeness (QED) is 0.768. The number of carbonyl (C=O) groups is 1. The van der Waals surface area contributed by atoms with E-state index >= 15 is 0 Å². The summed E-state index contributed by atoms with van der Waals surface area (Å²) in [6.07, 6.45) is 3.02. The molecule has 158 valence electrons. The van der Waals surface area contributed by atoms with Gasteiger partial charge < -0.3 is 9.73 Å². The van der Waals surface area contributed by atoms with Crippen LogP contribution >= 0.6 is 0 Å². The highest BCUT2D eigenvalue weighted by Crippen LogP contribution is 2.29. The molecule has 6 nitrogen and oxygen atoms in total. The molecule has 1 N–H and O–H groups in total. The molecule has 0 spiro atoms. The molecule has 1 aliphatic rings. The molecule has 1 aliphatic carbocycles. The van der Waals surface area contributed by atoms with E-state index < -0.39 is 33.1 Å². The maximum atomic E-state index is 13.9. The Labute approximate surface area is 170 Å². The molecule has 3 atom stereocenters. The van der Waals surface area contributed by atoms with Crippen molar-refractivity contribution in [2.45, 2.75) is 51.8 Å². The number of amides is 1. The fourth-order valence-corrected chi connectivity index (χ4v) is 5.07. The minimum absolute atomic E-state index is 0.00268. The average molecular weight is 423 g/mol. The number of hydrogen-bond donors (Lipinski definition) is 1. The summed E-state index contributed by atoms with van der Waals surface area (Å²) < 4.78 is 44.5. The summed E-state index contributed by atoms with van der Waals surface area (Å²) in [5.41, 5.74) is 0.355. The minimum atomic E-state index is -3.75. The van der Waals surface area contributed by atoms with Gasteiger partial charge in [-0.2, -0.15) is 0 Å². The van der Waals surface area contributed by atoms with Gasteiger partial charge >= 0.3 is 0 Å². The monoisotopic (exact) mass is 422 g/mol. The van der Waals surface area contributed by atoms with E-state index in [4.69, 9.17) is 4.42 Å². The predicted molar refractivity (Wildman–Crippen MR) is 108 cm³/mol. The van der Waals surface area contributed by atoms with Crippen molar-refractivity contribution >= 4 is 15.7 Å². The summed E-state index contributed by atoms with van der Waals surface area (Å²) in [5, 5.41) is 2.88. The molecule has 1 aromatic heterocycles. The Morgan fingerprint density at radius 1 is 1.28 bits per heavy atom. The second-order valence-corrected chi connectivity index (χ2v) is 10.0. The van der Waals surface area contributed by atoms with Gasteiger partial charge in [0, 0.05) is 6.04 Å². The molecule has 1 fully saturated rings. The molecule has 1 aromatic carbocycles. The molecular weight excluding hydrogens is 395 g/mol. The zero-order chi connectivity index (χ0) is 21.2. The van der Waals surface area contributed by atoms with Crippen LogP contribution in [-0.2, 0) is 20.4 Å². The molecule has 1 amide bonds. The first kappa shape index (κ1) is 21.5. The molecule has 0 radical (unpaired) electrons. The first-order valence-electron chi connectivity index (χ1n) is 9.87. The van der Waals surface area contributed by atoms with Crippen molar-refractivity contribution in [2.24, 2.45) is 11.8 Å². The summed E-state index contributed by atoms with van der Waals surface area (Å²) in [4.78, 5) is 16.5. The Hall–Kier alpha value is -2.22. The van der Waals surface area contributed by atoms with Crippen molar-refractivity contribution in [3.05, 3.63) is 41.5 Å². The molecule has 0 unspecified atom stereocenters. The van der Waals surface area contributed by atoms with Crippen molar-refractivity contribution in [2.75, 3.05) is 5.75 Å². The van der Waals surface area contributed by atoms with Gasteiger partial charge in [0.05, 0.1) is 17.0 Å². The van der Waals surface area contributed by atoms with Crippen LogP contribution in [0, 0.1) is 24.6 Å². The molecule has 0 aliphatic heterocycles. The lowest BCUT2D eigenvalue weighted by Crippen LogP contribution is -2.45. The SMILES string of the molecule is Cc1oc(-c2ccccc2F)nc1CS(=O)(=O)CC(=O)N[C@@H]1CCC[C@@H](C)[C@H]1C.